The van der Waals surface area contributed by atoms with Crippen LogP contribution < -0.4 is 0 Å². The van der Waals surface area contributed by atoms with Crippen molar-refractivity contribution in [2.24, 2.45) is 5.92 Å². The number of aliphatic carboxylic acids is 1. The van der Waals surface area contributed by atoms with E-state index in [0.717, 1.165) is 19.3 Å². The Labute approximate surface area is 107 Å². The molecular weight excluding hydrogens is 236 g/mol. The largest absolute Gasteiger partial charge is 0.479 e. The Bertz CT molecular complexity index is 271. The molecule has 1 aliphatic rings. The Hall–Kier alpha value is -0.940. The van der Waals surface area contributed by atoms with Gasteiger partial charge < -0.3 is 14.6 Å². The van der Waals surface area contributed by atoms with Gasteiger partial charge in [0.05, 0.1) is 0 Å². The average Bonchev–Trinajstić information content (AvgIpc) is 2.39. The molecule has 18 heavy (non-hydrogen) atoms. The zero-order valence-electron chi connectivity index (χ0n) is 10.9. The molecule has 1 aliphatic heterocycles. The molecule has 0 amide bonds. The number of ketones is 1. The lowest BCUT2D eigenvalue weighted by molar-refractivity contribution is -0.159. The summed E-state index contributed by atoms with van der Waals surface area (Å²) in [5.41, 5.74) is 0. The Balaban J connectivity index is 2.44. The Kier molecular flexibility index (Phi) is 6.90. The van der Waals surface area contributed by atoms with Crippen LogP contribution in [0.25, 0.3) is 0 Å². The van der Waals surface area contributed by atoms with Crippen LogP contribution in [0.1, 0.15) is 39.0 Å². The van der Waals surface area contributed by atoms with Gasteiger partial charge in [-0.2, -0.15) is 0 Å². The number of rotatable bonds is 8. The van der Waals surface area contributed by atoms with Crippen molar-refractivity contribution in [2.75, 3.05) is 19.8 Å². The summed E-state index contributed by atoms with van der Waals surface area (Å²) in [6, 6.07) is 0. The van der Waals surface area contributed by atoms with Crippen molar-refractivity contribution in [3.05, 3.63) is 0 Å². The minimum Gasteiger partial charge on any atom is -0.479 e. The van der Waals surface area contributed by atoms with Crippen LogP contribution in [0.5, 0.6) is 0 Å². The molecule has 0 aromatic heterocycles. The lowest BCUT2D eigenvalue weighted by Crippen LogP contribution is -2.39. The van der Waals surface area contributed by atoms with Gasteiger partial charge in [0.15, 0.2) is 5.78 Å². The first-order chi connectivity index (χ1) is 8.66. The molecule has 0 bridgehead atoms. The molecule has 1 N–H and O–H groups in total. The molecule has 5 nitrogen and oxygen atoms in total. The summed E-state index contributed by atoms with van der Waals surface area (Å²) in [7, 11) is 0. The average molecular weight is 258 g/mol. The number of carbonyl (C=O) groups excluding carboxylic acids is 1. The zero-order chi connectivity index (χ0) is 13.4. The Morgan fingerprint density at radius 3 is 2.56 bits per heavy atom. The quantitative estimate of drug-likeness (QED) is 0.529. The molecule has 0 aliphatic carbocycles. The normalized spacial score (nSPS) is 18.5. The summed E-state index contributed by atoms with van der Waals surface area (Å²) in [5, 5.41) is 9.05. The fraction of sp³-hybridized carbons (Fsp3) is 0.846. The monoisotopic (exact) mass is 258 g/mol. The van der Waals surface area contributed by atoms with Crippen LogP contribution in [0.3, 0.4) is 0 Å². The Morgan fingerprint density at radius 1 is 1.33 bits per heavy atom. The summed E-state index contributed by atoms with van der Waals surface area (Å²) in [5.74, 6) is -1.71. The molecule has 0 aromatic carbocycles. The molecule has 1 fully saturated rings. The van der Waals surface area contributed by atoms with E-state index in [-0.39, 0.29) is 11.7 Å². The maximum Gasteiger partial charge on any atom is 0.340 e. The van der Waals surface area contributed by atoms with Gasteiger partial charge in [-0.05, 0) is 19.3 Å². The molecule has 0 aromatic rings. The molecule has 5 heteroatoms. The van der Waals surface area contributed by atoms with Gasteiger partial charge in [0, 0.05) is 25.7 Å². The van der Waals surface area contributed by atoms with Crippen molar-refractivity contribution in [3.63, 3.8) is 0 Å². The van der Waals surface area contributed by atoms with Gasteiger partial charge in [0.1, 0.15) is 0 Å². The number of carboxylic acids is 1. The summed E-state index contributed by atoms with van der Waals surface area (Å²) < 4.78 is 10.4. The van der Waals surface area contributed by atoms with E-state index >= 15 is 0 Å². The van der Waals surface area contributed by atoms with Gasteiger partial charge in [-0.1, -0.05) is 19.8 Å². The second-order valence-corrected chi connectivity index (χ2v) is 4.59. The lowest BCUT2D eigenvalue weighted by Gasteiger charge is -2.23. The number of carboxylic acid groups (broad SMARTS) is 1. The van der Waals surface area contributed by atoms with Gasteiger partial charge in [0.25, 0.3) is 0 Å². The topological polar surface area (TPSA) is 72.8 Å². The van der Waals surface area contributed by atoms with Gasteiger partial charge in [-0.15, -0.1) is 0 Å². The summed E-state index contributed by atoms with van der Waals surface area (Å²) >= 11 is 0. The van der Waals surface area contributed by atoms with E-state index in [0.29, 0.717) is 32.7 Å². The van der Waals surface area contributed by atoms with Gasteiger partial charge in [0.2, 0.25) is 6.10 Å². The molecule has 0 radical (unpaired) electrons. The van der Waals surface area contributed by atoms with Gasteiger partial charge in [-0.25, -0.2) is 4.79 Å². The molecule has 0 spiro atoms. The zero-order valence-corrected chi connectivity index (χ0v) is 10.9. The minimum atomic E-state index is -1.30. The van der Waals surface area contributed by atoms with E-state index in [9.17, 15) is 9.59 Å². The molecule has 1 unspecified atom stereocenters. The van der Waals surface area contributed by atoms with Crippen molar-refractivity contribution in [3.8, 4) is 0 Å². The predicted octanol–water partition coefficient (Wildman–Crippen LogP) is 1.64. The summed E-state index contributed by atoms with van der Waals surface area (Å²) in [6.07, 6.45) is 2.71. The third-order valence-corrected chi connectivity index (χ3v) is 3.14. The fourth-order valence-corrected chi connectivity index (χ4v) is 2.02. The first kappa shape index (κ1) is 15.1. The summed E-state index contributed by atoms with van der Waals surface area (Å²) in [4.78, 5) is 23.1. The number of ether oxygens (including phenoxy) is 2. The Morgan fingerprint density at radius 2 is 2.00 bits per heavy atom. The highest BCUT2D eigenvalue weighted by molar-refractivity contribution is 6.02. The van der Waals surface area contributed by atoms with Crippen molar-refractivity contribution >= 4 is 11.8 Å². The highest BCUT2D eigenvalue weighted by Crippen LogP contribution is 2.18. The van der Waals surface area contributed by atoms with Crippen LogP contribution in [0.4, 0.5) is 0 Å². The lowest BCUT2D eigenvalue weighted by atomic mass is 9.92. The van der Waals surface area contributed by atoms with Crippen LogP contribution in [-0.4, -0.2) is 42.8 Å². The molecule has 1 heterocycles. The molecule has 104 valence electrons. The number of unbranched alkanes of at least 4 members (excludes halogenated alkanes) is 2. The van der Waals surface area contributed by atoms with E-state index in [4.69, 9.17) is 14.6 Å². The fourth-order valence-electron chi connectivity index (χ4n) is 2.02. The van der Waals surface area contributed by atoms with E-state index in [1.807, 2.05) is 0 Å². The number of hydrogen-bond donors (Lipinski definition) is 1. The van der Waals surface area contributed by atoms with E-state index < -0.39 is 12.1 Å². The predicted molar refractivity (Wildman–Crippen MR) is 65.5 cm³/mol. The van der Waals surface area contributed by atoms with E-state index in [1.54, 1.807) is 0 Å². The van der Waals surface area contributed by atoms with Crippen LogP contribution in [0.15, 0.2) is 0 Å². The van der Waals surface area contributed by atoms with Gasteiger partial charge >= 0.3 is 5.97 Å². The van der Waals surface area contributed by atoms with Gasteiger partial charge in [-0.3, -0.25) is 4.79 Å². The molecule has 1 rings (SSSR count). The highest BCUT2D eigenvalue weighted by Gasteiger charge is 2.33. The second kappa shape index (κ2) is 8.21. The molecular formula is C13H22O5. The van der Waals surface area contributed by atoms with Crippen LogP contribution >= 0.6 is 0 Å². The number of Topliss-reactive ketones (excluding diaryl/α,β-unsaturated/α-hetero) is 1. The molecule has 1 atom stereocenters. The molecule has 0 saturated carbocycles. The van der Waals surface area contributed by atoms with E-state index in [2.05, 4.69) is 6.92 Å². The van der Waals surface area contributed by atoms with E-state index in [1.165, 1.54) is 0 Å². The molecule has 1 saturated heterocycles. The third-order valence-electron chi connectivity index (χ3n) is 3.14. The maximum atomic E-state index is 12.0. The van der Waals surface area contributed by atoms with Crippen LogP contribution in [-0.2, 0) is 19.1 Å². The van der Waals surface area contributed by atoms with Crippen molar-refractivity contribution < 1.29 is 24.2 Å². The second-order valence-electron chi connectivity index (χ2n) is 4.59. The minimum absolute atomic E-state index is 0.231. The SMILES string of the molecule is CCCCCOC(C(=O)O)C(=O)C1CCOCC1. The van der Waals surface area contributed by atoms with Crippen molar-refractivity contribution in [1.82, 2.24) is 0 Å². The first-order valence-corrected chi connectivity index (χ1v) is 6.62. The smallest absolute Gasteiger partial charge is 0.340 e. The first-order valence-electron chi connectivity index (χ1n) is 6.62. The van der Waals surface area contributed by atoms with Crippen molar-refractivity contribution in [2.45, 2.75) is 45.1 Å². The number of carbonyl (C=O) groups is 2. The third kappa shape index (κ3) is 4.74. The van der Waals surface area contributed by atoms with Crippen LogP contribution in [0.2, 0.25) is 0 Å². The highest BCUT2D eigenvalue weighted by atomic mass is 16.5. The number of hydrogen-bond acceptors (Lipinski definition) is 4. The van der Waals surface area contributed by atoms with Crippen molar-refractivity contribution in [1.29, 1.82) is 0 Å². The maximum absolute atomic E-state index is 12.0. The summed E-state index contributed by atoms with van der Waals surface area (Å²) in [6.45, 7) is 3.44. The van der Waals surface area contributed by atoms with Crippen LogP contribution in [0, 0.1) is 5.92 Å². The standard InChI is InChI=1S/C13H22O5/c1-2-3-4-7-18-12(13(15)16)11(14)10-5-8-17-9-6-10/h10,12H,2-9H2,1H3,(H,15,16).